The van der Waals surface area contributed by atoms with Crippen molar-refractivity contribution in [1.29, 1.82) is 5.26 Å². The molecule has 1 aromatic heterocycles. The van der Waals surface area contributed by atoms with Gasteiger partial charge in [0.05, 0.1) is 10.6 Å². The van der Waals surface area contributed by atoms with E-state index in [-0.39, 0.29) is 22.0 Å². The van der Waals surface area contributed by atoms with Gasteiger partial charge in [-0.3, -0.25) is 9.89 Å². The zero-order chi connectivity index (χ0) is 14.7. The summed E-state index contributed by atoms with van der Waals surface area (Å²) in [5, 5.41) is 19.4. The van der Waals surface area contributed by atoms with Gasteiger partial charge in [-0.15, -0.1) is 11.8 Å². The summed E-state index contributed by atoms with van der Waals surface area (Å²) in [5.41, 5.74) is 0.552. The Hall–Kier alpha value is -1.68. The van der Waals surface area contributed by atoms with E-state index in [2.05, 4.69) is 15.5 Å². The first-order valence-electron chi connectivity index (χ1n) is 5.35. The third-order valence-corrected chi connectivity index (χ3v) is 3.68. The maximum absolute atomic E-state index is 12.1. The number of nitriles is 1. The second kappa shape index (κ2) is 6.18. The summed E-state index contributed by atoms with van der Waals surface area (Å²) in [6, 6.07) is 6.54. The Morgan fingerprint density at radius 2 is 2.25 bits per heavy atom. The number of benzene rings is 1. The van der Waals surface area contributed by atoms with Crippen LogP contribution in [0, 0.1) is 11.3 Å². The Morgan fingerprint density at radius 1 is 1.50 bits per heavy atom. The fraction of sp³-hybridized carbons (Fsp3) is 0.0833. The number of nitrogens with one attached hydrogen (secondary N) is 2. The first-order chi connectivity index (χ1) is 9.56. The monoisotopic (exact) mass is 326 g/mol. The highest BCUT2D eigenvalue weighted by molar-refractivity contribution is 7.98. The minimum atomic E-state index is -0.445. The SMILES string of the molecule is CSc1n[nH]c(NC(=O)c2ccc(Cl)cc2Cl)c1C#N. The van der Waals surface area contributed by atoms with Crippen molar-refractivity contribution in [3.63, 3.8) is 0 Å². The molecule has 0 aliphatic heterocycles. The lowest BCUT2D eigenvalue weighted by molar-refractivity contribution is 0.102. The maximum atomic E-state index is 12.1. The molecule has 2 N–H and O–H groups in total. The molecule has 0 bridgehead atoms. The van der Waals surface area contributed by atoms with Crippen LogP contribution in [0.5, 0.6) is 0 Å². The highest BCUT2D eigenvalue weighted by atomic mass is 35.5. The molecule has 1 heterocycles. The Bertz CT molecular complexity index is 708. The summed E-state index contributed by atoms with van der Waals surface area (Å²) in [5.74, 6) is -0.202. The highest BCUT2D eigenvalue weighted by Gasteiger charge is 2.17. The molecule has 5 nitrogen and oxygen atoms in total. The standard InChI is InChI=1S/C12H8Cl2N4OS/c1-20-12-8(5-15)10(17-18-12)16-11(19)7-3-2-6(13)4-9(7)14/h2-4H,1H3,(H2,16,17,18,19). The first-order valence-corrected chi connectivity index (χ1v) is 7.33. The highest BCUT2D eigenvalue weighted by Crippen LogP contribution is 2.25. The van der Waals surface area contributed by atoms with E-state index in [1.165, 1.54) is 23.9 Å². The van der Waals surface area contributed by atoms with Crippen molar-refractivity contribution in [2.45, 2.75) is 5.03 Å². The molecular formula is C12H8Cl2N4OS. The van der Waals surface area contributed by atoms with E-state index in [0.717, 1.165) is 0 Å². The predicted molar refractivity (Wildman–Crippen MR) is 79.5 cm³/mol. The molecule has 8 heteroatoms. The summed E-state index contributed by atoms with van der Waals surface area (Å²) in [7, 11) is 0. The first kappa shape index (κ1) is 14.7. The smallest absolute Gasteiger partial charge is 0.258 e. The van der Waals surface area contributed by atoms with Crippen LogP contribution < -0.4 is 5.32 Å². The molecule has 1 aromatic carbocycles. The van der Waals surface area contributed by atoms with Crippen molar-refractivity contribution in [1.82, 2.24) is 10.2 Å². The van der Waals surface area contributed by atoms with E-state index < -0.39 is 5.91 Å². The van der Waals surface area contributed by atoms with Crippen LogP contribution in [-0.4, -0.2) is 22.4 Å². The third kappa shape index (κ3) is 2.90. The fourth-order valence-corrected chi connectivity index (χ4v) is 2.50. The Morgan fingerprint density at radius 3 is 2.85 bits per heavy atom. The number of halogens is 2. The quantitative estimate of drug-likeness (QED) is 0.845. The molecule has 102 valence electrons. The molecule has 0 aliphatic rings. The van der Waals surface area contributed by atoms with Gasteiger partial charge in [-0.05, 0) is 24.5 Å². The number of H-pyrrole nitrogens is 1. The Kier molecular flexibility index (Phi) is 4.55. The molecule has 0 unspecified atom stereocenters. The lowest BCUT2D eigenvalue weighted by Crippen LogP contribution is -2.13. The van der Waals surface area contributed by atoms with Gasteiger partial charge in [0.2, 0.25) is 0 Å². The number of thioether (sulfide) groups is 1. The topological polar surface area (TPSA) is 81.6 Å². The fourth-order valence-electron chi connectivity index (χ4n) is 1.52. The molecule has 0 radical (unpaired) electrons. The largest absolute Gasteiger partial charge is 0.306 e. The number of aromatic amines is 1. The molecule has 0 spiro atoms. The summed E-state index contributed by atoms with van der Waals surface area (Å²) in [6.07, 6.45) is 1.79. The van der Waals surface area contributed by atoms with Crippen molar-refractivity contribution < 1.29 is 4.79 Å². The number of aromatic nitrogens is 2. The number of carbonyl (C=O) groups is 1. The molecule has 2 rings (SSSR count). The zero-order valence-corrected chi connectivity index (χ0v) is 12.5. The van der Waals surface area contributed by atoms with E-state index in [4.69, 9.17) is 28.5 Å². The van der Waals surface area contributed by atoms with Gasteiger partial charge in [-0.25, -0.2) is 0 Å². The van der Waals surface area contributed by atoms with E-state index in [9.17, 15) is 4.79 Å². The molecule has 20 heavy (non-hydrogen) atoms. The number of rotatable bonds is 3. The number of hydrogen-bond acceptors (Lipinski definition) is 4. The zero-order valence-electron chi connectivity index (χ0n) is 10.2. The summed E-state index contributed by atoms with van der Waals surface area (Å²) in [4.78, 5) is 12.1. The molecule has 0 fully saturated rings. The van der Waals surface area contributed by atoms with E-state index in [0.29, 0.717) is 10.0 Å². The van der Waals surface area contributed by atoms with Crippen LogP contribution in [0.25, 0.3) is 0 Å². The van der Waals surface area contributed by atoms with Crippen molar-refractivity contribution in [2.24, 2.45) is 0 Å². The second-order valence-corrected chi connectivity index (χ2v) is 5.31. The third-order valence-electron chi connectivity index (χ3n) is 2.45. The van der Waals surface area contributed by atoms with E-state index in [1.807, 2.05) is 6.07 Å². The Labute approximate surface area is 129 Å². The molecule has 0 atom stereocenters. The van der Waals surface area contributed by atoms with Gasteiger partial charge in [0.1, 0.15) is 22.5 Å². The van der Waals surface area contributed by atoms with Crippen molar-refractivity contribution in [3.8, 4) is 6.07 Å². The molecule has 2 aromatic rings. The minimum Gasteiger partial charge on any atom is -0.306 e. The van der Waals surface area contributed by atoms with Crippen LogP contribution in [0.1, 0.15) is 15.9 Å². The Balaban J connectivity index is 2.28. The van der Waals surface area contributed by atoms with Crippen LogP contribution in [0.3, 0.4) is 0 Å². The lowest BCUT2D eigenvalue weighted by Gasteiger charge is -2.05. The number of hydrogen-bond donors (Lipinski definition) is 2. The molecule has 0 saturated heterocycles. The van der Waals surface area contributed by atoms with Crippen molar-refractivity contribution in [2.75, 3.05) is 11.6 Å². The minimum absolute atomic E-state index is 0.234. The lowest BCUT2D eigenvalue weighted by atomic mass is 10.2. The van der Waals surface area contributed by atoms with Gasteiger partial charge in [0.25, 0.3) is 5.91 Å². The van der Waals surface area contributed by atoms with Gasteiger partial charge < -0.3 is 5.32 Å². The number of carbonyl (C=O) groups excluding carboxylic acids is 1. The molecule has 0 saturated carbocycles. The molecule has 0 aliphatic carbocycles. The number of anilines is 1. The van der Waals surface area contributed by atoms with Crippen molar-refractivity contribution in [3.05, 3.63) is 39.4 Å². The van der Waals surface area contributed by atoms with Crippen LogP contribution in [0.2, 0.25) is 10.0 Å². The number of amides is 1. The average Bonchev–Trinajstić information content (AvgIpc) is 2.80. The van der Waals surface area contributed by atoms with Gasteiger partial charge >= 0.3 is 0 Å². The van der Waals surface area contributed by atoms with Gasteiger partial charge in [0.15, 0.2) is 0 Å². The van der Waals surface area contributed by atoms with Crippen molar-refractivity contribution >= 4 is 46.7 Å². The predicted octanol–water partition coefficient (Wildman–Crippen LogP) is 3.56. The number of nitrogens with zero attached hydrogens (tertiary/aromatic N) is 2. The second-order valence-electron chi connectivity index (χ2n) is 3.67. The van der Waals surface area contributed by atoms with Gasteiger partial charge in [0, 0.05) is 5.02 Å². The van der Waals surface area contributed by atoms with E-state index in [1.54, 1.807) is 12.3 Å². The summed E-state index contributed by atoms with van der Waals surface area (Å²) < 4.78 is 0. The van der Waals surface area contributed by atoms with Crippen LogP contribution in [0.4, 0.5) is 5.82 Å². The van der Waals surface area contributed by atoms with Crippen LogP contribution in [-0.2, 0) is 0 Å². The molecular weight excluding hydrogens is 319 g/mol. The van der Waals surface area contributed by atoms with E-state index >= 15 is 0 Å². The van der Waals surface area contributed by atoms with Gasteiger partial charge in [-0.1, -0.05) is 23.2 Å². The average molecular weight is 327 g/mol. The summed E-state index contributed by atoms with van der Waals surface area (Å²) in [6.45, 7) is 0. The maximum Gasteiger partial charge on any atom is 0.258 e. The summed E-state index contributed by atoms with van der Waals surface area (Å²) >= 11 is 13.0. The molecule has 1 amide bonds. The van der Waals surface area contributed by atoms with Gasteiger partial charge in [-0.2, -0.15) is 10.4 Å². The van der Waals surface area contributed by atoms with Crippen LogP contribution in [0.15, 0.2) is 23.2 Å². The van der Waals surface area contributed by atoms with Crippen LogP contribution >= 0.6 is 35.0 Å². The normalized spacial score (nSPS) is 10.1.